The summed E-state index contributed by atoms with van der Waals surface area (Å²) in [6.07, 6.45) is 6.78. The Morgan fingerprint density at radius 2 is 1.84 bits per heavy atom. The second-order valence-electron chi connectivity index (χ2n) is 9.00. The number of rotatable bonds is 5. The molecule has 0 aromatic carbocycles. The minimum Gasteiger partial charge on any atom is -0.353 e. The Labute approximate surface area is 189 Å². The van der Waals surface area contributed by atoms with Crippen LogP contribution in [0.1, 0.15) is 52.4 Å². The minimum absolute atomic E-state index is 0.0359. The average Bonchev–Trinajstić information content (AvgIpc) is 3.59. The molecule has 5 rings (SSSR count). The normalized spacial score (nSPS) is 21.2. The number of pyridine rings is 2. The van der Waals surface area contributed by atoms with Crippen molar-refractivity contribution in [1.82, 2.24) is 19.2 Å². The number of amides is 1. The average molecular weight is 456 g/mol. The van der Waals surface area contributed by atoms with E-state index >= 15 is 0 Å². The van der Waals surface area contributed by atoms with E-state index in [4.69, 9.17) is 4.98 Å². The van der Waals surface area contributed by atoms with Crippen molar-refractivity contribution >= 4 is 21.7 Å². The number of carbonyl (C=O) groups is 1. The van der Waals surface area contributed by atoms with Crippen molar-refractivity contribution in [2.75, 3.05) is 43.4 Å². The van der Waals surface area contributed by atoms with Gasteiger partial charge in [-0.25, -0.2) is 13.4 Å². The molecule has 3 aliphatic rings. The molecule has 170 valence electrons. The van der Waals surface area contributed by atoms with E-state index in [9.17, 15) is 13.2 Å². The van der Waals surface area contributed by atoms with Gasteiger partial charge in [-0.1, -0.05) is 6.07 Å². The van der Waals surface area contributed by atoms with E-state index in [0.29, 0.717) is 43.2 Å². The summed E-state index contributed by atoms with van der Waals surface area (Å²) in [6, 6.07) is 5.77. The van der Waals surface area contributed by atoms with Crippen LogP contribution >= 0.6 is 0 Å². The van der Waals surface area contributed by atoms with E-state index in [-0.39, 0.29) is 18.2 Å². The van der Waals surface area contributed by atoms with Gasteiger partial charge in [-0.05, 0) is 55.4 Å². The molecule has 0 atom stereocenters. The third kappa shape index (κ3) is 4.36. The Morgan fingerprint density at radius 3 is 2.44 bits per heavy atom. The van der Waals surface area contributed by atoms with Gasteiger partial charge < -0.3 is 9.80 Å². The fraction of sp³-hybridized carbons (Fsp3) is 0.522. The maximum atomic E-state index is 12.9. The van der Waals surface area contributed by atoms with Gasteiger partial charge in [-0.3, -0.25) is 9.78 Å². The first-order chi connectivity index (χ1) is 15.4. The Kier molecular flexibility index (Phi) is 5.63. The monoisotopic (exact) mass is 455 g/mol. The standard InChI is InChI=1S/C23H29N5O3S/c1-17-13-20(18-3-4-18)15-25-22(17)26-8-10-27(11-9-26)23(29)19-5-6-21(24-14-19)16-28-7-2-12-32(28,30)31/h5-6,13-15,18H,2-4,7-12,16H2,1H3. The van der Waals surface area contributed by atoms with Gasteiger partial charge in [-0.15, -0.1) is 0 Å². The summed E-state index contributed by atoms with van der Waals surface area (Å²) in [6.45, 7) is 5.69. The van der Waals surface area contributed by atoms with Gasteiger partial charge in [0.2, 0.25) is 10.0 Å². The molecule has 0 bridgehead atoms. The van der Waals surface area contributed by atoms with Crippen molar-refractivity contribution < 1.29 is 13.2 Å². The largest absolute Gasteiger partial charge is 0.353 e. The van der Waals surface area contributed by atoms with Crippen LogP contribution in [0, 0.1) is 6.92 Å². The molecule has 32 heavy (non-hydrogen) atoms. The number of nitrogens with zero attached hydrogens (tertiary/aromatic N) is 5. The lowest BCUT2D eigenvalue weighted by Crippen LogP contribution is -2.49. The highest BCUT2D eigenvalue weighted by molar-refractivity contribution is 7.89. The molecular weight excluding hydrogens is 426 g/mol. The summed E-state index contributed by atoms with van der Waals surface area (Å²) < 4.78 is 25.4. The highest BCUT2D eigenvalue weighted by atomic mass is 32.2. The molecular formula is C23H29N5O3S. The summed E-state index contributed by atoms with van der Waals surface area (Å²) in [7, 11) is -3.16. The molecule has 2 aromatic heterocycles. The number of anilines is 1. The molecule has 0 N–H and O–H groups in total. The smallest absolute Gasteiger partial charge is 0.255 e. The third-order valence-corrected chi connectivity index (χ3v) is 8.50. The number of aromatic nitrogens is 2. The minimum atomic E-state index is -3.16. The predicted molar refractivity (Wildman–Crippen MR) is 122 cm³/mol. The van der Waals surface area contributed by atoms with Crippen molar-refractivity contribution in [3.8, 4) is 0 Å². The zero-order valence-corrected chi connectivity index (χ0v) is 19.2. The lowest BCUT2D eigenvalue weighted by Gasteiger charge is -2.36. The molecule has 2 saturated heterocycles. The second-order valence-corrected chi connectivity index (χ2v) is 11.1. The first kappa shape index (κ1) is 21.3. The Bertz CT molecular complexity index is 1110. The fourth-order valence-corrected chi connectivity index (χ4v) is 6.05. The molecule has 8 nitrogen and oxygen atoms in total. The number of hydrogen-bond acceptors (Lipinski definition) is 6. The van der Waals surface area contributed by atoms with Crippen molar-refractivity contribution in [3.63, 3.8) is 0 Å². The summed E-state index contributed by atoms with van der Waals surface area (Å²) in [5, 5.41) is 0. The van der Waals surface area contributed by atoms with Gasteiger partial charge in [0.05, 0.1) is 23.6 Å². The fourth-order valence-electron chi connectivity index (χ4n) is 4.56. The van der Waals surface area contributed by atoms with E-state index in [1.807, 2.05) is 11.1 Å². The molecule has 1 saturated carbocycles. The molecule has 2 aliphatic heterocycles. The van der Waals surface area contributed by atoms with Crippen LogP contribution in [-0.4, -0.2) is 72.0 Å². The van der Waals surface area contributed by atoms with Crippen LogP contribution < -0.4 is 4.90 Å². The zero-order chi connectivity index (χ0) is 22.3. The quantitative estimate of drug-likeness (QED) is 0.687. The van der Waals surface area contributed by atoms with E-state index in [2.05, 4.69) is 22.9 Å². The summed E-state index contributed by atoms with van der Waals surface area (Å²) in [4.78, 5) is 26.1. The van der Waals surface area contributed by atoms with Gasteiger partial charge in [0.25, 0.3) is 5.91 Å². The number of hydrogen-bond donors (Lipinski definition) is 0. The van der Waals surface area contributed by atoms with Crippen LogP contribution in [0.25, 0.3) is 0 Å². The predicted octanol–water partition coefficient (Wildman–Crippen LogP) is 2.16. The van der Waals surface area contributed by atoms with Gasteiger partial charge in [0.1, 0.15) is 5.82 Å². The maximum absolute atomic E-state index is 12.9. The number of sulfonamides is 1. The molecule has 0 radical (unpaired) electrons. The molecule has 2 aromatic rings. The highest BCUT2D eigenvalue weighted by Gasteiger charge is 2.29. The molecule has 9 heteroatoms. The zero-order valence-electron chi connectivity index (χ0n) is 18.4. The molecule has 1 aliphatic carbocycles. The molecule has 4 heterocycles. The number of aryl methyl sites for hydroxylation is 1. The maximum Gasteiger partial charge on any atom is 0.255 e. The van der Waals surface area contributed by atoms with E-state index in [1.165, 1.54) is 28.3 Å². The lowest BCUT2D eigenvalue weighted by atomic mass is 10.1. The Morgan fingerprint density at radius 1 is 1.06 bits per heavy atom. The van der Waals surface area contributed by atoms with Gasteiger partial charge in [0, 0.05) is 45.1 Å². The Balaban J connectivity index is 1.18. The van der Waals surface area contributed by atoms with Crippen molar-refractivity contribution in [3.05, 3.63) is 53.0 Å². The van der Waals surface area contributed by atoms with E-state index < -0.39 is 10.0 Å². The van der Waals surface area contributed by atoms with Crippen LogP contribution in [0.3, 0.4) is 0 Å². The first-order valence-electron chi connectivity index (χ1n) is 11.3. The van der Waals surface area contributed by atoms with E-state index in [0.717, 1.165) is 18.9 Å². The van der Waals surface area contributed by atoms with Crippen molar-refractivity contribution in [2.24, 2.45) is 0 Å². The van der Waals surface area contributed by atoms with Crippen LogP contribution in [-0.2, 0) is 16.6 Å². The lowest BCUT2D eigenvalue weighted by molar-refractivity contribution is 0.0746. The number of piperazine rings is 1. The third-order valence-electron chi connectivity index (χ3n) is 6.60. The first-order valence-corrected chi connectivity index (χ1v) is 13.0. The SMILES string of the molecule is Cc1cc(C2CC2)cnc1N1CCN(C(=O)c2ccc(CN3CCCS3(=O)=O)nc2)CC1. The summed E-state index contributed by atoms with van der Waals surface area (Å²) >= 11 is 0. The molecule has 0 unspecified atom stereocenters. The van der Waals surface area contributed by atoms with Crippen LogP contribution in [0.5, 0.6) is 0 Å². The molecule has 1 amide bonds. The summed E-state index contributed by atoms with van der Waals surface area (Å²) in [5.41, 5.74) is 3.75. The Hall–Kier alpha value is -2.52. The van der Waals surface area contributed by atoms with Crippen molar-refractivity contribution in [2.45, 2.75) is 38.6 Å². The van der Waals surface area contributed by atoms with Crippen LogP contribution in [0.2, 0.25) is 0 Å². The molecule has 3 fully saturated rings. The summed E-state index contributed by atoms with van der Waals surface area (Å²) in [5.74, 6) is 1.88. The number of carbonyl (C=O) groups excluding carboxylic acids is 1. The van der Waals surface area contributed by atoms with Crippen molar-refractivity contribution in [1.29, 1.82) is 0 Å². The highest BCUT2D eigenvalue weighted by Crippen LogP contribution is 2.40. The van der Waals surface area contributed by atoms with Gasteiger partial charge >= 0.3 is 0 Å². The molecule has 0 spiro atoms. The second kappa shape index (κ2) is 8.44. The van der Waals surface area contributed by atoms with Crippen LogP contribution in [0.15, 0.2) is 30.6 Å². The van der Waals surface area contributed by atoms with E-state index in [1.54, 1.807) is 18.3 Å². The van der Waals surface area contributed by atoms with Gasteiger partial charge in [-0.2, -0.15) is 4.31 Å². The topological polar surface area (TPSA) is 86.7 Å². The van der Waals surface area contributed by atoms with Gasteiger partial charge in [0.15, 0.2) is 0 Å². The van der Waals surface area contributed by atoms with Crippen LogP contribution in [0.4, 0.5) is 5.82 Å².